The third-order valence-corrected chi connectivity index (χ3v) is 3.92. The molecule has 0 saturated carbocycles. The van der Waals surface area contributed by atoms with Crippen LogP contribution in [0.5, 0.6) is 0 Å². The number of carbonyl (C=O) groups is 2. The van der Waals surface area contributed by atoms with Crippen LogP contribution >= 0.6 is 11.8 Å². The fourth-order valence-electron chi connectivity index (χ4n) is 1.66. The van der Waals surface area contributed by atoms with Crippen molar-refractivity contribution < 1.29 is 14.0 Å². The van der Waals surface area contributed by atoms with Crippen molar-refractivity contribution in [3.63, 3.8) is 0 Å². The molecule has 2 aromatic rings. The molecule has 0 aliphatic carbocycles. The van der Waals surface area contributed by atoms with Gasteiger partial charge in [-0.15, -0.1) is 0 Å². The number of nitrogens with zero attached hydrogens (tertiary/aromatic N) is 2. The number of carbonyl (C=O) groups excluding carboxylic acids is 2. The zero-order chi connectivity index (χ0) is 15.4. The summed E-state index contributed by atoms with van der Waals surface area (Å²) in [5.41, 5.74) is 2.19. The molecule has 0 radical (unpaired) electrons. The van der Waals surface area contributed by atoms with Crippen molar-refractivity contribution in [3.8, 4) is 0 Å². The van der Waals surface area contributed by atoms with E-state index >= 15 is 0 Å². The molecule has 1 heterocycles. The van der Waals surface area contributed by atoms with Crippen LogP contribution in [-0.4, -0.2) is 30.0 Å². The molecule has 6 heteroatoms. The minimum atomic E-state index is -0.00573. The Morgan fingerprint density at radius 3 is 2.52 bits per heavy atom. The van der Waals surface area contributed by atoms with Crippen molar-refractivity contribution in [3.05, 3.63) is 41.3 Å². The van der Waals surface area contributed by atoms with E-state index in [0.29, 0.717) is 10.8 Å². The first-order chi connectivity index (χ1) is 10.0. The fraction of sp³-hybridized carbons (Fsp3) is 0.267. The number of rotatable bonds is 6. The summed E-state index contributed by atoms with van der Waals surface area (Å²) in [5.74, 6) is 1.03. The number of amides is 1. The van der Waals surface area contributed by atoms with Crippen LogP contribution < -0.4 is 4.90 Å². The van der Waals surface area contributed by atoms with Crippen LogP contribution in [0.2, 0.25) is 0 Å². The SMILES string of the molecule is Cc1nc(SCC(=O)c2ccc(N(C)C=O)cc2)oc1C. The highest BCUT2D eigenvalue weighted by Crippen LogP contribution is 2.21. The van der Waals surface area contributed by atoms with Gasteiger partial charge in [-0.05, 0) is 38.1 Å². The lowest BCUT2D eigenvalue weighted by Crippen LogP contribution is -2.13. The number of aryl methyl sites for hydroxylation is 2. The Morgan fingerprint density at radius 2 is 2.00 bits per heavy atom. The number of thioether (sulfide) groups is 1. The van der Waals surface area contributed by atoms with Gasteiger partial charge < -0.3 is 9.32 Å². The normalized spacial score (nSPS) is 10.4. The summed E-state index contributed by atoms with van der Waals surface area (Å²) in [6.45, 7) is 3.71. The Bertz CT molecular complexity index is 630. The first kappa shape index (κ1) is 15.3. The van der Waals surface area contributed by atoms with E-state index in [1.165, 1.54) is 16.7 Å². The average molecular weight is 304 g/mol. The van der Waals surface area contributed by atoms with Crippen molar-refractivity contribution in [1.29, 1.82) is 0 Å². The zero-order valence-corrected chi connectivity index (χ0v) is 12.9. The third-order valence-electron chi connectivity index (χ3n) is 3.09. The number of anilines is 1. The Labute approximate surface area is 127 Å². The quantitative estimate of drug-likeness (QED) is 0.466. The number of hydrogen-bond acceptors (Lipinski definition) is 5. The molecule has 0 aliphatic rings. The summed E-state index contributed by atoms with van der Waals surface area (Å²) in [4.78, 5) is 28.4. The number of hydrogen-bond donors (Lipinski definition) is 0. The molecular formula is C15H16N2O3S. The minimum Gasteiger partial charge on any atom is -0.437 e. The molecule has 0 saturated heterocycles. The predicted molar refractivity (Wildman–Crippen MR) is 81.9 cm³/mol. The molecule has 0 spiro atoms. The monoisotopic (exact) mass is 304 g/mol. The van der Waals surface area contributed by atoms with Crippen molar-refractivity contribution in [2.45, 2.75) is 19.1 Å². The molecule has 0 bridgehead atoms. The lowest BCUT2D eigenvalue weighted by Gasteiger charge is -2.10. The minimum absolute atomic E-state index is 0.00573. The van der Waals surface area contributed by atoms with Crippen LogP contribution in [-0.2, 0) is 4.79 Å². The van der Waals surface area contributed by atoms with Crippen LogP contribution in [0.4, 0.5) is 5.69 Å². The number of oxazole rings is 1. The number of aromatic nitrogens is 1. The molecule has 1 aromatic carbocycles. The van der Waals surface area contributed by atoms with Gasteiger partial charge in [0.25, 0.3) is 5.22 Å². The predicted octanol–water partition coefficient (Wildman–Crippen LogP) is 2.86. The number of Topliss-reactive ketones (excluding diaryl/α,β-unsaturated/α-hetero) is 1. The van der Waals surface area contributed by atoms with Gasteiger partial charge >= 0.3 is 0 Å². The van der Waals surface area contributed by atoms with E-state index in [0.717, 1.165) is 23.6 Å². The van der Waals surface area contributed by atoms with Gasteiger partial charge in [0.05, 0.1) is 11.4 Å². The second-order valence-corrected chi connectivity index (χ2v) is 5.52. The van der Waals surface area contributed by atoms with Gasteiger partial charge in [-0.3, -0.25) is 9.59 Å². The van der Waals surface area contributed by atoms with E-state index in [9.17, 15) is 9.59 Å². The average Bonchev–Trinajstić information content (AvgIpc) is 2.82. The van der Waals surface area contributed by atoms with Gasteiger partial charge in [0, 0.05) is 18.3 Å². The molecular weight excluding hydrogens is 288 g/mol. The van der Waals surface area contributed by atoms with E-state index < -0.39 is 0 Å². The molecule has 21 heavy (non-hydrogen) atoms. The first-order valence-electron chi connectivity index (χ1n) is 6.39. The summed E-state index contributed by atoms with van der Waals surface area (Å²) >= 11 is 1.28. The first-order valence-corrected chi connectivity index (χ1v) is 7.38. The van der Waals surface area contributed by atoms with Crippen LogP contribution in [0, 0.1) is 13.8 Å². The molecule has 0 N–H and O–H groups in total. The van der Waals surface area contributed by atoms with Gasteiger partial charge in [-0.2, -0.15) is 0 Å². The van der Waals surface area contributed by atoms with E-state index in [4.69, 9.17) is 4.42 Å². The molecule has 0 unspecified atom stereocenters. The van der Waals surface area contributed by atoms with Crippen molar-refractivity contribution in [2.75, 3.05) is 17.7 Å². The summed E-state index contributed by atoms with van der Waals surface area (Å²) < 4.78 is 5.42. The molecule has 110 valence electrons. The summed E-state index contributed by atoms with van der Waals surface area (Å²) in [6, 6.07) is 6.91. The number of ketones is 1. The Morgan fingerprint density at radius 1 is 1.33 bits per heavy atom. The molecule has 0 fully saturated rings. The molecule has 1 amide bonds. The maximum atomic E-state index is 12.1. The number of benzene rings is 1. The van der Waals surface area contributed by atoms with E-state index in [1.807, 2.05) is 13.8 Å². The van der Waals surface area contributed by atoms with Gasteiger partial charge in [0.1, 0.15) is 5.76 Å². The van der Waals surface area contributed by atoms with Crippen molar-refractivity contribution in [1.82, 2.24) is 4.98 Å². The maximum absolute atomic E-state index is 12.1. The Balaban J connectivity index is 1.98. The maximum Gasteiger partial charge on any atom is 0.256 e. The highest BCUT2D eigenvalue weighted by atomic mass is 32.2. The van der Waals surface area contributed by atoms with Crippen molar-refractivity contribution in [2.24, 2.45) is 0 Å². The summed E-state index contributed by atoms with van der Waals surface area (Å²) in [6.07, 6.45) is 0.722. The van der Waals surface area contributed by atoms with Gasteiger partial charge in [0.15, 0.2) is 5.78 Å². The molecule has 2 rings (SSSR count). The van der Waals surface area contributed by atoms with E-state index in [1.54, 1.807) is 31.3 Å². The topological polar surface area (TPSA) is 63.4 Å². The van der Waals surface area contributed by atoms with E-state index in [2.05, 4.69) is 4.98 Å². The second kappa shape index (κ2) is 6.58. The zero-order valence-electron chi connectivity index (χ0n) is 12.1. The molecule has 1 aromatic heterocycles. The molecule has 5 nitrogen and oxygen atoms in total. The lowest BCUT2D eigenvalue weighted by atomic mass is 10.1. The summed E-state index contributed by atoms with van der Waals surface area (Å²) in [5, 5.41) is 0.510. The van der Waals surface area contributed by atoms with Gasteiger partial charge in [-0.1, -0.05) is 11.8 Å². The Kier molecular flexibility index (Phi) is 4.80. The second-order valence-electron chi connectivity index (χ2n) is 4.60. The van der Waals surface area contributed by atoms with Gasteiger partial charge in [-0.25, -0.2) is 4.98 Å². The largest absolute Gasteiger partial charge is 0.437 e. The molecule has 0 atom stereocenters. The summed E-state index contributed by atoms with van der Waals surface area (Å²) in [7, 11) is 1.66. The highest BCUT2D eigenvalue weighted by molar-refractivity contribution is 7.99. The van der Waals surface area contributed by atoms with Crippen LogP contribution in [0.25, 0.3) is 0 Å². The standard InChI is InChI=1S/C15H16N2O3S/c1-10-11(2)20-15(16-10)21-8-14(19)12-4-6-13(7-5-12)17(3)9-18/h4-7,9H,8H2,1-3H3. The van der Waals surface area contributed by atoms with Gasteiger partial charge in [0.2, 0.25) is 6.41 Å². The lowest BCUT2D eigenvalue weighted by molar-refractivity contribution is -0.107. The third kappa shape index (κ3) is 3.72. The van der Waals surface area contributed by atoms with Crippen LogP contribution in [0.3, 0.4) is 0 Å². The fourth-order valence-corrected chi connectivity index (χ4v) is 2.47. The van der Waals surface area contributed by atoms with Crippen LogP contribution in [0.1, 0.15) is 21.8 Å². The highest BCUT2D eigenvalue weighted by Gasteiger charge is 2.11. The van der Waals surface area contributed by atoms with E-state index in [-0.39, 0.29) is 11.5 Å². The van der Waals surface area contributed by atoms with Crippen LogP contribution in [0.15, 0.2) is 33.9 Å². The van der Waals surface area contributed by atoms with Crippen molar-refractivity contribution >= 4 is 29.6 Å². The molecule has 0 aliphatic heterocycles. The Hall–Kier alpha value is -2.08. The smallest absolute Gasteiger partial charge is 0.256 e.